The molecule has 1 saturated heterocycles. The molecule has 5 heteroatoms. The van der Waals surface area contributed by atoms with Crippen molar-refractivity contribution in [3.8, 4) is 0 Å². The van der Waals surface area contributed by atoms with E-state index in [9.17, 15) is 8.78 Å². The van der Waals surface area contributed by atoms with Gasteiger partial charge in [-0.3, -0.25) is 4.90 Å². The number of nitrogens with zero attached hydrogens (tertiary/aromatic N) is 2. The second kappa shape index (κ2) is 5.13. The van der Waals surface area contributed by atoms with Gasteiger partial charge in [0.1, 0.15) is 11.7 Å². The Morgan fingerprint density at radius 3 is 2.85 bits per heavy atom. The minimum Gasteiger partial charge on any atom is -0.437 e. The van der Waals surface area contributed by atoms with Crippen molar-refractivity contribution in [2.45, 2.75) is 38.9 Å². The predicted octanol–water partition coefficient (Wildman–Crippen LogP) is 3.63. The number of likely N-dealkylation sites (tertiary alicyclic amines) is 1. The van der Waals surface area contributed by atoms with E-state index in [1.165, 1.54) is 6.07 Å². The van der Waals surface area contributed by atoms with Crippen molar-refractivity contribution in [2.75, 3.05) is 13.1 Å². The lowest BCUT2D eigenvalue weighted by Gasteiger charge is -2.34. The summed E-state index contributed by atoms with van der Waals surface area (Å²) in [7, 11) is 0. The molecule has 2 aromatic rings. The molecular weight excluding hydrogens is 262 g/mol. The molecule has 20 heavy (non-hydrogen) atoms. The molecule has 1 aromatic carbocycles. The van der Waals surface area contributed by atoms with Gasteiger partial charge in [0.25, 0.3) is 0 Å². The summed E-state index contributed by atoms with van der Waals surface area (Å²) in [4.78, 5) is 6.32. The number of benzene rings is 1. The normalized spacial score (nSPS) is 18.4. The van der Waals surface area contributed by atoms with Gasteiger partial charge in [-0.15, -0.1) is 0 Å². The summed E-state index contributed by atoms with van der Waals surface area (Å²) < 4.78 is 32.3. The highest BCUT2D eigenvalue weighted by Crippen LogP contribution is 2.27. The summed E-state index contributed by atoms with van der Waals surface area (Å²) in [6.07, 6.45) is 0.153. The topological polar surface area (TPSA) is 29.3 Å². The van der Waals surface area contributed by atoms with Crippen LogP contribution in [0.5, 0.6) is 0 Å². The Morgan fingerprint density at radius 2 is 2.20 bits per heavy atom. The van der Waals surface area contributed by atoms with Gasteiger partial charge in [-0.25, -0.2) is 13.8 Å². The number of hydrogen-bond donors (Lipinski definition) is 0. The van der Waals surface area contributed by atoms with Crippen molar-refractivity contribution in [1.82, 2.24) is 9.88 Å². The SMILES string of the molecule is CCC(C)c1nc2cc(CN3CC(F)C3)cc(F)c2o1. The van der Waals surface area contributed by atoms with Crippen molar-refractivity contribution in [2.24, 2.45) is 0 Å². The van der Waals surface area contributed by atoms with E-state index in [2.05, 4.69) is 4.98 Å². The zero-order valence-corrected chi connectivity index (χ0v) is 11.7. The average Bonchev–Trinajstić information content (AvgIpc) is 2.80. The fraction of sp³-hybridized carbons (Fsp3) is 0.533. The molecule has 1 aromatic heterocycles. The maximum absolute atomic E-state index is 14.1. The second-order valence-corrected chi connectivity index (χ2v) is 5.58. The number of hydrogen-bond acceptors (Lipinski definition) is 3. The molecule has 0 amide bonds. The van der Waals surface area contributed by atoms with Crippen LogP contribution in [-0.4, -0.2) is 29.1 Å². The fourth-order valence-electron chi connectivity index (χ4n) is 2.43. The van der Waals surface area contributed by atoms with Gasteiger partial charge in [0, 0.05) is 25.6 Å². The van der Waals surface area contributed by atoms with Gasteiger partial charge in [-0.05, 0) is 24.1 Å². The average molecular weight is 280 g/mol. The molecule has 0 radical (unpaired) electrons. The monoisotopic (exact) mass is 280 g/mol. The van der Waals surface area contributed by atoms with E-state index in [0.29, 0.717) is 31.0 Å². The maximum Gasteiger partial charge on any atom is 0.198 e. The van der Waals surface area contributed by atoms with Gasteiger partial charge in [-0.2, -0.15) is 0 Å². The number of aromatic nitrogens is 1. The highest BCUT2D eigenvalue weighted by Gasteiger charge is 2.26. The Kier molecular flexibility index (Phi) is 3.46. The van der Waals surface area contributed by atoms with Gasteiger partial charge in [0.2, 0.25) is 0 Å². The van der Waals surface area contributed by atoms with E-state index < -0.39 is 12.0 Å². The molecule has 1 atom stereocenters. The van der Waals surface area contributed by atoms with Crippen molar-refractivity contribution < 1.29 is 13.2 Å². The minimum atomic E-state index is -0.743. The Balaban J connectivity index is 1.88. The number of halogens is 2. The van der Waals surface area contributed by atoms with Crippen LogP contribution in [0.25, 0.3) is 11.1 Å². The van der Waals surface area contributed by atoms with Crippen LogP contribution in [0, 0.1) is 5.82 Å². The first-order chi connectivity index (χ1) is 9.56. The molecule has 3 rings (SSSR count). The third-order valence-corrected chi connectivity index (χ3v) is 3.87. The standard InChI is InChI=1S/C15H18F2N2O/c1-3-9(2)15-18-13-5-10(4-12(17)14(13)20-15)6-19-7-11(16)8-19/h4-5,9,11H,3,6-8H2,1-2H3. The van der Waals surface area contributed by atoms with Gasteiger partial charge < -0.3 is 4.42 Å². The molecule has 1 aliphatic rings. The van der Waals surface area contributed by atoms with Crippen LogP contribution in [-0.2, 0) is 6.54 Å². The Hall–Kier alpha value is -1.49. The summed E-state index contributed by atoms with van der Waals surface area (Å²) in [5.41, 5.74) is 1.58. The van der Waals surface area contributed by atoms with Crippen LogP contribution < -0.4 is 0 Å². The van der Waals surface area contributed by atoms with E-state index in [4.69, 9.17) is 4.42 Å². The van der Waals surface area contributed by atoms with Gasteiger partial charge in [-0.1, -0.05) is 13.8 Å². The van der Waals surface area contributed by atoms with Crippen molar-refractivity contribution >= 4 is 11.1 Å². The zero-order valence-electron chi connectivity index (χ0n) is 11.7. The van der Waals surface area contributed by atoms with Crippen LogP contribution >= 0.6 is 0 Å². The highest BCUT2D eigenvalue weighted by molar-refractivity contribution is 5.74. The molecule has 108 valence electrons. The van der Waals surface area contributed by atoms with E-state index in [1.807, 2.05) is 24.8 Å². The predicted molar refractivity (Wildman–Crippen MR) is 72.8 cm³/mol. The van der Waals surface area contributed by atoms with Crippen LogP contribution in [0.4, 0.5) is 8.78 Å². The zero-order chi connectivity index (χ0) is 14.3. The molecule has 0 bridgehead atoms. The largest absolute Gasteiger partial charge is 0.437 e. The third-order valence-electron chi connectivity index (χ3n) is 3.87. The first-order valence-electron chi connectivity index (χ1n) is 7.02. The summed E-state index contributed by atoms with van der Waals surface area (Å²) in [6.45, 7) is 5.45. The summed E-state index contributed by atoms with van der Waals surface area (Å²) in [5, 5.41) is 0. The Bertz CT molecular complexity index is 620. The molecule has 0 saturated carbocycles. The van der Waals surface area contributed by atoms with Gasteiger partial charge in [0.15, 0.2) is 17.3 Å². The molecule has 1 fully saturated rings. The summed E-state index contributed by atoms with van der Waals surface area (Å²) in [6, 6.07) is 3.29. The summed E-state index contributed by atoms with van der Waals surface area (Å²) >= 11 is 0. The molecule has 0 spiro atoms. The first kappa shape index (κ1) is 13.5. The lowest BCUT2D eigenvalue weighted by atomic mass is 10.1. The molecule has 2 heterocycles. The van der Waals surface area contributed by atoms with Gasteiger partial charge in [0.05, 0.1) is 0 Å². The molecular formula is C15H18F2N2O. The molecule has 0 aliphatic carbocycles. The fourth-order valence-corrected chi connectivity index (χ4v) is 2.43. The highest BCUT2D eigenvalue weighted by atomic mass is 19.1. The number of oxazole rings is 1. The van der Waals surface area contributed by atoms with Crippen LogP contribution in [0.1, 0.15) is 37.6 Å². The van der Waals surface area contributed by atoms with E-state index in [-0.39, 0.29) is 11.5 Å². The smallest absolute Gasteiger partial charge is 0.198 e. The van der Waals surface area contributed by atoms with E-state index in [1.54, 1.807) is 0 Å². The van der Waals surface area contributed by atoms with E-state index in [0.717, 1.165) is 12.0 Å². The lowest BCUT2D eigenvalue weighted by molar-refractivity contribution is 0.0591. The molecule has 3 nitrogen and oxygen atoms in total. The van der Waals surface area contributed by atoms with Crippen LogP contribution in [0.2, 0.25) is 0 Å². The van der Waals surface area contributed by atoms with E-state index >= 15 is 0 Å². The molecule has 1 aliphatic heterocycles. The number of rotatable bonds is 4. The molecule has 0 N–H and O–H groups in total. The minimum absolute atomic E-state index is 0.174. The third kappa shape index (κ3) is 2.42. The first-order valence-corrected chi connectivity index (χ1v) is 7.02. The Morgan fingerprint density at radius 1 is 1.45 bits per heavy atom. The van der Waals surface area contributed by atoms with Crippen molar-refractivity contribution in [3.05, 3.63) is 29.4 Å². The quantitative estimate of drug-likeness (QED) is 0.856. The number of alkyl halides is 1. The second-order valence-electron chi connectivity index (χ2n) is 5.58. The van der Waals surface area contributed by atoms with Gasteiger partial charge >= 0.3 is 0 Å². The lowest BCUT2D eigenvalue weighted by Crippen LogP contribution is -2.47. The van der Waals surface area contributed by atoms with Crippen LogP contribution in [0.15, 0.2) is 16.5 Å². The van der Waals surface area contributed by atoms with Crippen molar-refractivity contribution in [1.29, 1.82) is 0 Å². The Labute approximate surface area is 116 Å². The molecule has 1 unspecified atom stereocenters. The van der Waals surface area contributed by atoms with Crippen molar-refractivity contribution in [3.63, 3.8) is 0 Å². The number of fused-ring (bicyclic) bond motifs is 1. The van der Waals surface area contributed by atoms with Crippen LogP contribution in [0.3, 0.4) is 0 Å². The maximum atomic E-state index is 14.1. The summed E-state index contributed by atoms with van der Waals surface area (Å²) in [5.74, 6) is 0.358.